The third-order valence-corrected chi connectivity index (χ3v) is 4.89. The molecular weight excluding hydrogens is 370 g/mol. The summed E-state index contributed by atoms with van der Waals surface area (Å²) in [6.45, 7) is 0.0773. The summed E-state index contributed by atoms with van der Waals surface area (Å²) >= 11 is 0.996. The first kappa shape index (κ1) is 16.9. The van der Waals surface area contributed by atoms with Gasteiger partial charge in [-0.15, -0.1) is 11.3 Å². The number of nitrogens with one attached hydrogen (secondary N) is 2. The molecule has 0 saturated heterocycles. The van der Waals surface area contributed by atoms with E-state index in [2.05, 4.69) is 20.2 Å². The van der Waals surface area contributed by atoms with Crippen molar-refractivity contribution in [2.24, 2.45) is 0 Å². The molecule has 0 aliphatic rings. The number of fused-ring (bicyclic) bond motifs is 1. The Morgan fingerprint density at radius 3 is 2.78 bits per heavy atom. The van der Waals surface area contributed by atoms with Gasteiger partial charge in [0.1, 0.15) is 16.0 Å². The molecule has 0 fully saturated rings. The standard InChI is InChI=1S/C17H13N5O4S/c23-15-11-6-12(16(24)26-8-13-18-9-19-21-13)27-14(11)20-17(25)22(15)7-10-4-2-1-3-5-10/h1-6,9H,7-8H2,(H,20,25)(H,18,19,21). The maximum Gasteiger partial charge on any atom is 0.348 e. The third-order valence-electron chi connectivity index (χ3n) is 3.86. The Labute approximate surface area is 155 Å². The van der Waals surface area contributed by atoms with E-state index in [1.807, 2.05) is 30.3 Å². The molecule has 3 aromatic heterocycles. The van der Waals surface area contributed by atoms with E-state index >= 15 is 0 Å². The van der Waals surface area contributed by atoms with Gasteiger partial charge in [-0.05, 0) is 11.6 Å². The fourth-order valence-electron chi connectivity index (χ4n) is 2.56. The molecule has 10 heteroatoms. The van der Waals surface area contributed by atoms with Crippen molar-refractivity contribution >= 4 is 27.5 Å². The van der Waals surface area contributed by atoms with E-state index in [0.717, 1.165) is 21.5 Å². The Bertz CT molecular complexity index is 1210. The van der Waals surface area contributed by atoms with Crippen molar-refractivity contribution in [3.8, 4) is 0 Å². The first-order valence-corrected chi connectivity index (χ1v) is 8.75. The number of ether oxygens (including phenoxy) is 1. The van der Waals surface area contributed by atoms with Crippen molar-refractivity contribution in [2.45, 2.75) is 13.2 Å². The number of carbonyl (C=O) groups is 1. The first-order chi connectivity index (χ1) is 13.1. The average molecular weight is 383 g/mol. The van der Waals surface area contributed by atoms with E-state index in [1.165, 1.54) is 12.4 Å². The smallest absolute Gasteiger partial charge is 0.348 e. The molecule has 0 atom stereocenters. The number of hydrogen-bond acceptors (Lipinski definition) is 7. The lowest BCUT2D eigenvalue weighted by Gasteiger charge is -2.04. The number of thiophene rings is 1. The third kappa shape index (κ3) is 3.42. The number of hydrogen-bond donors (Lipinski definition) is 2. The molecule has 27 heavy (non-hydrogen) atoms. The highest BCUT2D eigenvalue weighted by molar-refractivity contribution is 7.20. The summed E-state index contributed by atoms with van der Waals surface area (Å²) < 4.78 is 6.24. The van der Waals surface area contributed by atoms with Crippen LogP contribution in [0.2, 0.25) is 0 Å². The van der Waals surface area contributed by atoms with Crippen molar-refractivity contribution in [3.05, 3.63) is 79.8 Å². The lowest BCUT2D eigenvalue weighted by molar-refractivity contribution is 0.0468. The summed E-state index contributed by atoms with van der Waals surface area (Å²) in [5.74, 6) is -0.203. The lowest BCUT2D eigenvalue weighted by Crippen LogP contribution is -2.34. The SMILES string of the molecule is O=C(OCc1ncn[nH]1)c1cc2c(=O)n(Cc3ccccc3)c(=O)[nH]c2s1. The predicted octanol–water partition coefficient (Wildman–Crippen LogP) is 1.27. The number of benzene rings is 1. The zero-order valence-electron chi connectivity index (χ0n) is 13.8. The quantitative estimate of drug-likeness (QED) is 0.501. The van der Waals surface area contributed by atoms with E-state index in [0.29, 0.717) is 10.7 Å². The molecule has 0 bridgehead atoms. The van der Waals surface area contributed by atoms with Gasteiger partial charge in [0.05, 0.1) is 11.9 Å². The van der Waals surface area contributed by atoms with Gasteiger partial charge in [0.25, 0.3) is 5.56 Å². The zero-order chi connectivity index (χ0) is 18.8. The molecule has 3 heterocycles. The largest absolute Gasteiger partial charge is 0.453 e. The van der Waals surface area contributed by atoms with Crippen molar-refractivity contribution in [3.63, 3.8) is 0 Å². The molecule has 0 aliphatic heterocycles. The highest BCUT2D eigenvalue weighted by Gasteiger charge is 2.17. The number of aromatic amines is 2. The van der Waals surface area contributed by atoms with E-state index in [-0.39, 0.29) is 23.4 Å². The van der Waals surface area contributed by atoms with Crippen molar-refractivity contribution < 1.29 is 9.53 Å². The normalized spacial score (nSPS) is 11.0. The van der Waals surface area contributed by atoms with Crippen LogP contribution in [0.3, 0.4) is 0 Å². The highest BCUT2D eigenvalue weighted by atomic mass is 32.1. The number of carbonyl (C=O) groups excluding carboxylic acids is 1. The number of H-pyrrole nitrogens is 2. The van der Waals surface area contributed by atoms with E-state index in [9.17, 15) is 14.4 Å². The minimum atomic E-state index is -0.609. The second-order valence-corrected chi connectivity index (χ2v) is 6.72. The Morgan fingerprint density at radius 1 is 1.22 bits per heavy atom. The van der Waals surface area contributed by atoms with Gasteiger partial charge in [-0.3, -0.25) is 19.4 Å². The highest BCUT2D eigenvalue weighted by Crippen LogP contribution is 2.21. The number of nitrogens with zero attached hydrogens (tertiary/aromatic N) is 3. The summed E-state index contributed by atoms with van der Waals surface area (Å²) in [5, 5.41) is 6.51. The van der Waals surface area contributed by atoms with E-state index < -0.39 is 17.2 Å². The molecule has 0 spiro atoms. The molecule has 0 aliphatic carbocycles. The molecule has 2 N–H and O–H groups in total. The Morgan fingerprint density at radius 2 is 2.04 bits per heavy atom. The maximum absolute atomic E-state index is 12.7. The summed E-state index contributed by atoms with van der Waals surface area (Å²) in [4.78, 5) is 44.3. The van der Waals surface area contributed by atoms with Crippen LogP contribution < -0.4 is 11.2 Å². The van der Waals surface area contributed by atoms with Gasteiger partial charge < -0.3 is 4.74 Å². The maximum atomic E-state index is 12.7. The van der Waals surface area contributed by atoms with Crippen molar-refractivity contribution in [1.82, 2.24) is 24.7 Å². The van der Waals surface area contributed by atoms with Gasteiger partial charge in [0.2, 0.25) is 0 Å². The molecule has 9 nitrogen and oxygen atoms in total. The van der Waals surface area contributed by atoms with Gasteiger partial charge in [-0.1, -0.05) is 30.3 Å². The van der Waals surface area contributed by atoms with Gasteiger partial charge in [0, 0.05) is 0 Å². The lowest BCUT2D eigenvalue weighted by atomic mass is 10.2. The number of rotatable bonds is 5. The van der Waals surface area contributed by atoms with Crippen LogP contribution in [0.1, 0.15) is 21.1 Å². The van der Waals surface area contributed by atoms with Crippen LogP contribution in [0, 0.1) is 0 Å². The van der Waals surface area contributed by atoms with Crippen LogP contribution in [-0.4, -0.2) is 30.7 Å². The molecule has 1 aromatic carbocycles. The Hall–Kier alpha value is -3.53. The van der Waals surface area contributed by atoms with Crippen LogP contribution in [-0.2, 0) is 17.9 Å². The summed E-state index contributed by atoms with van der Waals surface area (Å²) in [7, 11) is 0. The first-order valence-electron chi connectivity index (χ1n) is 7.94. The monoisotopic (exact) mass is 383 g/mol. The second-order valence-electron chi connectivity index (χ2n) is 5.67. The minimum absolute atomic E-state index is 0.0676. The zero-order valence-corrected chi connectivity index (χ0v) is 14.7. The Balaban J connectivity index is 1.64. The van der Waals surface area contributed by atoms with Gasteiger partial charge in [0.15, 0.2) is 12.4 Å². The molecular formula is C17H13N5O4S. The molecule has 4 aromatic rings. The summed E-state index contributed by atoms with van der Waals surface area (Å²) in [6, 6.07) is 10.6. The number of esters is 1. The minimum Gasteiger partial charge on any atom is -0.453 e. The summed E-state index contributed by atoms with van der Waals surface area (Å²) in [6.07, 6.45) is 1.31. The van der Waals surface area contributed by atoms with Gasteiger partial charge in [-0.25, -0.2) is 14.6 Å². The van der Waals surface area contributed by atoms with Gasteiger partial charge >= 0.3 is 11.7 Å². The topological polar surface area (TPSA) is 123 Å². The van der Waals surface area contributed by atoms with Crippen LogP contribution in [0.4, 0.5) is 0 Å². The fraction of sp³-hybridized carbons (Fsp3) is 0.118. The molecule has 0 unspecified atom stereocenters. The van der Waals surface area contributed by atoms with Crippen molar-refractivity contribution in [2.75, 3.05) is 0 Å². The summed E-state index contributed by atoms with van der Waals surface area (Å²) in [5.41, 5.74) is -0.158. The van der Waals surface area contributed by atoms with Gasteiger partial charge in [-0.2, -0.15) is 5.10 Å². The molecule has 0 radical (unpaired) electrons. The Kier molecular flexibility index (Phi) is 4.38. The van der Waals surface area contributed by atoms with E-state index in [1.54, 1.807) is 0 Å². The van der Waals surface area contributed by atoms with E-state index in [4.69, 9.17) is 4.74 Å². The number of aromatic nitrogens is 5. The van der Waals surface area contributed by atoms with Crippen LogP contribution >= 0.6 is 11.3 Å². The predicted molar refractivity (Wildman–Crippen MR) is 97.8 cm³/mol. The molecule has 4 rings (SSSR count). The molecule has 136 valence electrons. The van der Waals surface area contributed by atoms with Crippen LogP contribution in [0.5, 0.6) is 0 Å². The van der Waals surface area contributed by atoms with Crippen LogP contribution in [0.25, 0.3) is 10.2 Å². The molecule has 0 saturated carbocycles. The second kappa shape index (κ2) is 7.00. The molecule has 0 amide bonds. The van der Waals surface area contributed by atoms with Crippen molar-refractivity contribution in [1.29, 1.82) is 0 Å². The average Bonchev–Trinajstić information content (AvgIpc) is 3.34. The fourth-order valence-corrected chi connectivity index (χ4v) is 3.49. The van der Waals surface area contributed by atoms with Crippen LogP contribution in [0.15, 0.2) is 52.3 Å².